The predicted octanol–water partition coefficient (Wildman–Crippen LogP) is 7.19. The third-order valence-corrected chi connectivity index (χ3v) is 5.90. The van der Waals surface area contributed by atoms with Crippen molar-refractivity contribution in [3.8, 4) is 0 Å². The van der Waals surface area contributed by atoms with Crippen molar-refractivity contribution < 1.29 is 4.79 Å². The Morgan fingerprint density at radius 1 is 0.800 bits per heavy atom. The Bertz CT molecular complexity index is 1350. The van der Waals surface area contributed by atoms with Gasteiger partial charge in [-0.2, -0.15) is 0 Å². The van der Waals surface area contributed by atoms with Gasteiger partial charge in [0.2, 0.25) is 5.91 Å². The fourth-order valence-corrected chi connectivity index (χ4v) is 4.38. The van der Waals surface area contributed by atoms with Crippen molar-refractivity contribution >= 4 is 50.0 Å². The van der Waals surface area contributed by atoms with Crippen LogP contribution in [0.15, 0.2) is 85.4 Å². The topological polar surface area (TPSA) is 29.1 Å². The fourth-order valence-electron chi connectivity index (χ4n) is 4.38. The van der Waals surface area contributed by atoms with E-state index in [2.05, 4.69) is 66.5 Å². The van der Waals surface area contributed by atoms with Crippen LogP contribution in [0.3, 0.4) is 0 Å². The minimum Gasteiger partial charge on any atom is -0.326 e. The molecule has 0 aromatic heterocycles. The minimum absolute atomic E-state index is 0.0547. The molecule has 1 amide bonds. The Morgan fingerprint density at radius 2 is 1.47 bits per heavy atom. The number of carbonyl (C=O) groups excluding carboxylic acids is 1. The number of carbonyl (C=O) groups is 1. The fraction of sp³-hybridized carbons (Fsp3) is 0.107. The van der Waals surface area contributed by atoms with Gasteiger partial charge >= 0.3 is 0 Å². The minimum atomic E-state index is 0.0547. The number of benzene rings is 5. The number of hydrogen-bond donors (Lipinski definition) is 1. The first-order chi connectivity index (χ1) is 14.7. The largest absolute Gasteiger partial charge is 0.326 e. The zero-order chi connectivity index (χ0) is 20.5. The second-order valence-electron chi connectivity index (χ2n) is 7.81. The first kappa shape index (κ1) is 18.4. The van der Waals surface area contributed by atoms with Gasteiger partial charge < -0.3 is 5.32 Å². The molecule has 2 nitrogen and oxygen atoms in total. The summed E-state index contributed by atoms with van der Waals surface area (Å²) in [5, 5.41) is 10.8. The van der Waals surface area contributed by atoms with Gasteiger partial charge in [-0.25, -0.2) is 0 Å². The van der Waals surface area contributed by atoms with Crippen LogP contribution in [0.5, 0.6) is 0 Å². The molecular weight excluding hydrogens is 366 g/mol. The summed E-state index contributed by atoms with van der Waals surface area (Å²) < 4.78 is 0. The molecule has 5 aromatic rings. The lowest BCUT2D eigenvalue weighted by molar-refractivity contribution is -0.116. The molecule has 0 radical (unpaired) electrons. The molecule has 30 heavy (non-hydrogen) atoms. The molecular formula is C28H23NO. The lowest BCUT2D eigenvalue weighted by atomic mass is 9.90. The molecule has 0 atom stereocenters. The van der Waals surface area contributed by atoms with E-state index in [1.807, 2.05) is 24.3 Å². The third-order valence-electron chi connectivity index (χ3n) is 5.90. The van der Waals surface area contributed by atoms with Crippen LogP contribution in [-0.2, 0) is 11.2 Å². The third kappa shape index (κ3) is 3.31. The van der Waals surface area contributed by atoms with Crippen LogP contribution in [0.25, 0.3) is 38.4 Å². The summed E-state index contributed by atoms with van der Waals surface area (Å²) in [4.78, 5) is 12.4. The van der Waals surface area contributed by atoms with Gasteiger partial charge in [-0.05, 0) is 68.4 Å². The smallest absolute Gasteiger partial charge is 0.224 e. The summed E-state index contributed by atoms with van der Waals surface area (Å²) in [6, 6.07) is 27.5. The van der Waals surface area contributed by atoms with Crippen LogP contribution < -0.4 is 5.32 Å². The van der Waals surface area contributed by atoms with Crippen molar-refractivity contribution in [2.45, 2.75) is 19.3 Å². The van der Waals surface area contributed by atoms with Gasteiger partial charge in [0, 0.05) is 12.1 Å². The van der Waals surface area contributed by atoms with Gasteiger partial charge in [0.15, 0.2) is 0 Å². The maximum atomic E-state index is 12.4. The molecule has 0 aliphatic rings. The Hall–Kier alpha value is -3.65. The van der Waals surface area contributed by atoms with Crippen molar-refractivity contribution in [2.24, 2.45) is 0 Å². The average molecular weight is 389 g/mol. The summed E-state index contributed by atoms with van der Waals surface area (Å²) in [6.45, 7) is 3.75. The van der Waals surface area contributed by atoms with E-state index in [0.29, 0.717) is 6.42 Å². The normalized spacial score (nSPS) is 11.3. The Balaban J connectivity index is 1.34. The summed E-state index contributed by atoms with van der Waals surface area (Å²) >= 11 is 0. The van der Waals surface area contributed by atoms with Gasteiger partial charge in [-0.3, -0.25) is 4.79 Å². The molecule has 5 rings (SSSR count). The monoisotopic (exact) mass is 389 g/mol. The zero-order valence-corrected chi connectivity index (χ0v) is 16.8. The Morgan fingerprint density at radius 3 is 2.20 bits per heavy atom. The van der Waals surface area contributed by atoms with Crippen LogP contribution in [0.2, 0.25) is 0 Å². The van der Waals surface area contributed by atoms with E-state index in [0.717, 1.165) is 24.1 Å². The Labute approximate surface area is 176 Å². The van der Waals surface area contributed by atoms with E-state index in [1.54, 1.807) is 6.08 Å². The van der Waals surface area contributed by atoms with Crippen LogP contribution in [0, 0.1) is 0 Å². The van der Waals surface area contributed by atoms with Crippen LogP contribution in [0.4, 0.5) is 5.69 Å². The summed E-state index contributed by atoms with van der Waals surface area (Å²) in [6.07, 6.45) is 4.00. The Kier molecular flexibility index (Phi) is 4.68. The van der Waals surface area contributed by atoms with E-state index >= 15 is 0 Å². The maximum absolute atomic E-state index is 12.4. The number of aryl methyl sites for hydroxylation is 1. The highest BCUT2D eigenvalue weighted by Gasteiger charge is 2.11. The number of amides is 1. The van der Waals surface area contributed by atoms with Crippen molar-refractivity contribution in [1.29, 1.82) is 0 Å². The molecule has 2 heteroatoms. The van der Waals surface area contributed by atoms with Crippen LogP contribution in [-0.4, -0.2) is 5.91 Å². The molecule has 0 fully saturated rings. The summed E-state index contributed by atoms with van der Waals surface area (Å²) in [5.41, 5.74) is 3.18. The lowest BCUT2D eigenvalue weighted by Gasteiger charge is -2.14. The zero-order valence-electron chi connectivity index (χ0n) is 16.8. The van der Waals surface area contributed by atoms with Crippen LogP contribution in [0.1, 0.15) is 24.0 Å². The van der Waals surface area contributed by atoms with E-state index in [9.17, 15) is 4.79 Å². The second-order valence-corrected chi connectivity index (χ2v) is 7.81. The molecule has 5 aromatic carbocycles. The SMILES string of the molecule is C=Cc1ccc(NC(=O)CCCc2ccc3ccc4cccc5ccc2c3c45)cc1. The first-order valence-electron chi connectivity index (χ1n) is 10.4. The van der Waals surface area contributed by atoms with Crippen molar-refractivity contribution in [1.82, 2.24) is 0 Å². The molecule has 0 saturated heterocycles. The summed E-state index contributed by atoms with van der Waals surface area (Å²) in [5.74, 6) is 0.0547. The van der Waals surface area contributed by atoms with E-state index in [4.69, 9.17) is 0 Å². The summed E-state index contributed by atoms with van der Waals surface area (Å²) in [7, 11) is 0. The molecule has 0 saturated carbocycles. The van der Waals surface area contributed by atoms with E-state index in [-0.39, 0.29) is 5.91 Å². The molecule has 0 unspecified atom stereocenters. The second kappa shape index (κ2) is 7.64. The average Bonchev–Trinajstić information content (AvgIpc) is 2.79. The van der Waals surface area contributed by atoms with Gasteiger partial charge in [-0.1, -0.05) is 79.4 Å². The molecule has 0 bridgehead atoms. The van der Waals surface area contributed by atoms with Crippen molar-refractivity contribution in [2.75, 3.05) is 5.32 Å². The molecule has 0 heterocycles. The van der Waals surface area contributed by atoms with Gasteiger partial charge in [0.05, 0.1) is 0 Å². The van der Waals surface area contributed by atoms with E-state index in [1.165, 1.54) is 37.9 Å². The predicted molar refractivity (Wildman–Crippen MR) is 128 cm³/mol. The highest BCUT2D eigenvalue weighted by molar-refractivity contribution is 6.23. The molecule has 1 N–H and O–H groups in total. The van der Waals surface area contributed by atoms with Crippen LogP contribution >= 0.6 is 0 Å². The van der Waals surface area contributed by atoms with Gasteiger partial charge in [-0.15, -0.1) is 0 Å². The number of nitrogens with one attached hydrogen (secondary N) is 1. The van der Waals surface area contributed by atoms with Gasteiger partial charge in [0.1, 0.15) is 0 Å². The lowest BCUT2D eigenvalue weighted by Crippen LogP contribution is -2.11. The molecule has 146 valence electrons. The highest BCUT2D eigenvalue weighted by Crippen LogP contribution is 2.36. The number of rotatable bonds is 6. The molecule has 0 aliphatic carbocycles. The number of hydrogen-bond acceptors (Lipinski definition) is 1. The number of anilines is 1. The first-order valence-corrected chi connectivity index (χ1v) is 10.4. The van der Waals surface area contributed by atoms with E-state index < -0.39 is 0 Å². The highest BCUT2D eigenvalue weighted by atomic mass is 16.1. The van der Waals surface area contributed by atoms with Gasteiger partial charge in [0.25, 0.3) is 0 Å². The molecule has 0 aliphatic heterocycles. The standard InChI is InChI=1S/C28H23NO/c1-2-19-9-16-24(17-10-19)29-26(30)8-4-5-20-11-12-23-14-13-21-6-3-7-22-15-18-25(20)28(23)27(21)22/h2-3,6-7,9-18H,1,4-5,8H2,(H,29,30). The van der Waals surface area contributed by atoms with Crippen molar-refractivity contribution in [3.05, 3.63) is 96.6 Å². The maximum Gasteiger partial charge on any atom is 0.224 e. The quantitative estimate of drug-likeness (QED) is 0.306. The van der Waals surface area contributed by atoms with Crippen molar-refractivity contribution in [3.63, 3.8) is 0 Å². The molecule has 0 spiro atoms.